The minimum absolute atomic E-state index is 0.895. The molecule has 0 atom stereocenters. The summed E-state index contributed by atoms with van der Waals surface area (Å²) >= 11 is 0. The number of para-hydroxylation sites is 1. The predicted octanol–water partition coefficient (Wildman–Crippen LogP) is 2.59. The highest BCUT2D eigenvalue weighted by atomic mass is 16.3. The van der Waals surface area contributed by atoms with Crippen molar-refractivity contribution in [3.63, 3.8) is 0 Å². The molecule has 76 valence electrons. The van der Waals surface area contributed by atoms with E-state index >= 15 is 0 Å². The fourth-order valence-electron chi connectivity index (χ4n) is 1.80. The van der Waals surface area contributed by atoms with Gasteiger partial charge in [-0.2, -0.15) is 0 Å². The molecule has 1 heterocycles. The van der Waals surface area contributed by atoms with Crippen molar-refractivity contribution in [3.8, 4) is 0 Å². The molecule has 0 fully saturated rings. The van der Waals surface area contributed by atoms with Gasteiger partial charge in [0.15, 0.2) is 0 Å². The highest BCUT2D eigenvalue weighted by Gasteiger charge is 2.01. The van der Waals surface area contributed by atoms with E-state index in [0.29, 0.717) is 0 Å². The molecule has 2 rings (SSSR count). The molecule has 0 aliphatic rings. The number of hydrogen-bond donors (Lipinski definition) is 0. The number of fused-ring (bicyclic) bond motifs is 1. The van der Waals surface area contributed by atoms with Gasteiger partial charge in [-0.1, -0.05) is 36.4 Å². The zero-order chi connectivity index (χ0) is 10.8. The molecule has 2 aromatic rings. The van der Waals surface area contributed by atoms with Crippen molar-refractivity contribution in [3.05, 3.63) is 47.6 Å². The summed E-state index contributed by atoms with van der Waals surface area (Å²) in [4.78, 5) is 0. The van der Waals surface area contributed by atoms with Crippen molar-refractivity contribution in [2.45, 2.75) is 13.8 Å². The number of benzene rings is 1. The Morgan fingerprint density at radius 1 is 1.27 bits per heavy atom. The zero-order valence-corrected chi connectivity index (χ0v) is 9.08. The molecule has 1 aromatic carbocycles. The first kappa shape index (κ1) is 9.78. The Hall–Kier alpha value is -1.76. The number of furan rings is 1. The lowest BCUT2D eigenvalue weighted by Gasteiger charge is -1.87. The second-order valence-corrected chi connectivity index (χ2v) is 3.74. The summed E-state index contributed by atoms with van der Waals surface area (Å²) in [7, 11) is 0. The Balaban J connectivity index is 3.08. The fraction of sp³-hybridized carbons (Fsp3) is 0.143. The molecule has 0 amide bonds. The summed E-state index contributed by atoms with van der Waals surface area (Å²) in [5.41, 5.74) is 3.08. The normalized spacial score (nSPS) is 12.0. The van der Waals surface area contributed by atoms with Crippen LogP contribution in [0.2, 0.25) is 0 Å². The minimum atomic E-state index is 0.895. The summed E-state index contributed by atoms with van der Waals surface area (Å²) in [5, 5.41) is 2.36. The monoisotopic (exact) mass is 198 g/mol. The molecular weight excluding hydrogens is 184 g/mol. The van der Waals surface area contributed by atoms with E-state index in [9.17, 15) is 0 Å². The van der Waals surface area contributed by atoms with E-state index < -0.39 is 0 Å². The largest absolute Gasteiger partial charge is 0.456 e. The number of hydrogen-bond acceptors (Lipinski definition) is 1. The van der Waals surface area contributed by atoms with Gasteiger partial charge in [0.25, 0.3) is 0 Å². The van der Waals surface area contributed by atoms with Crippen molar-refractivity contribution in [2.75, 3.05) is 0 Å². The van der Waals surface area contributed by atoms with Crippen molar-refractivity contribution in [1.29, 1.82) is 0 Å². The number of allylic oxidation sites excluding steroid dienone is 1. The molecule has 1 nitrogen and oxygen atoms in total. The molecule has 0 saturated heterocycles. The minimum Gasteiger partial charge on any atom is -0.456 e. The van der Waals surface area contributed by atoms with Gasteiger partial charge in [-0.3, -0.25) is 0 Å². The average Bonchev–Trinajstić information content (AvgIpc) is 2.56. The summed E-state index contributed by atoms with van der Waals surface area (Å²) in [6.45, 7) is 7.89. The number of rotatable bonds is 1. The average molecular weight is 198 g/mol. The Morgan fingerprint density at radius 2 is 2.00 bits per heavy atom. The van der Waals surface area contributed by atoms with Crippen LogP contribution in [0.5, 0.6) is 0 Å². The summed E-state index contributed by atoms with van der Waals surface area (Å²) in [5.74, 6) is 0. The lowest BCUT2D eigenvalue weighted by molar-refractivity contribution is 0.575. The van der Waals surface area contributed by atoms with E-state index in [1.165, 1.54) is 16.2 Å². The molecule has 15 heavy (non-hydrogen) atoms. The first-order valence-electron chi connectivity index (χ1n) is 5.02. The van der Waals surface area contributed by atoms with Gasteiger partial charge in [-0.25, -0.2) is 0 Å². The van der Waals surface area contributed by atoms with Crippen LogP contribution in [0.15, 0.2) is 41.3 Å². The van der Waals surface area contributed by atoms with Gasteiger partial charge < -0.3 is 4.42 Å². The van der Waals surface area contributed by atoms with Crippen molar-refractivity contribution < 1.29 is 4.42 Å². The molecule has 0 N–H and O–H groups in total. The molecule has 0 aliphatic heterocycles. The van der Waals surface area contributed by atoms with Gasteiger partial charge in [0.05, 0.1) is 0 Å². The Bertz CT molecular complexity index is 610. The highest BCUT2D eigenvalue weighted by Crippen LogP contribution is 2.07. The quantitative estimate of drug-likeness (QED) is 0.686. The molecule has 0 unspecified atom stereocenters. The molecule has 0 spiro atoms. The molecule has 0 aliphatic carbocycles. The van der Waals surface area contributed by atoms with Crippen LogP contribution in [0.3, 0.4) is 0 Å². The van der Waals surface area contributed by atoms with Crippen LogP contribution in [0.4, 0.5) is 0 Å². The Morgan fingerprint density at radius 3 is 2.67 bits per heavy atom. The van der Waals surface area contributed by atoms with Crippen molar-refractivity contribution >= 4 is 22.6 Å². The van der Waals surface area contributed by atoms with Crippen LogP contribution in [-0.2, 0) is 0 Å². The third-order valence-corrected chi connectivity index (χ3v) is 2.39. The lowest BCUT2D eigenvalue weighted by atomic mass is 10.1. The highest BCUT2D eigenvalue weighted by molar-refractivity contribution is 5.80. The fourth-order valence-corrected chi connectivity index (χ4v) is 1.80. The lowest BCUT2D eigenvalue weighted by Crippen LogP contribution is -2.21. The van der Waals surface area contributed by atoms with Gasteiger partial charge in [0.2, 0.25) is 0 Å². The topological polar surface area (TPSA) is 13.1 Å². The third-order valence-electron chi connectivity index (χ3n) is 2.39. The maximum atomic E-state index is 5.75. The van der Waals surface area contributed by atoms with Gasteiger partial charge in [0.1, 0.15) is 11.0 Å². The van der Waals surface area contributed by atoms with Gasteiger partial charge >= 0.3 is 0 Å². The molecule has 0 bridgehead atoms. The second-order valence-electron chi connectivity index (χ2n) is 3.74. The summed E-state index contributed by atoms with van der Waals surface area (Å²) in [6, 6.07) is 8.09. The maximum absolute atomic E-state index is 5.75. The van der Waals surface area contributed by atoms with Crippen molar-refractivity contribution in [1.82, 2.24) is 0 Å². The van der Waals surface area contributed by atoms with Crippen molar-refractivity contribution in [2.24, 2.45) is 0 Å². The zero-order valence-electron chi connectivity index (χ0n) is 9.08. The van der Waals surface area contributed by atoms with Gasteiger partial charge in [-0.05, 0) is 26.0 Å². The van der Waals surface area contributed by atoms with Crippen LogP contribution >= 0.6 is 0 Å². The molecule has 0 radical (unpaired) electrons. The van der Waals surface area contributed by atoms with E-state index in [1.54, 1.807) is 6.08 Å². The third kappa shape index (κ3) is 1.61. The second kappa shape index (κ2) is 3.77. The van der Waals surface area contributed by atoms with Crippen LogP contribution < -0.4 is 10.6 Å². The van der Waals surface area contributed by atoms with E-state index in [2.05, 4.69) is 26.5 Å². The van der Waals surface area contributed by atoms with E-state index in [1.807, 2.05) is 24.3 Å². The molecule has 0 saturated carbocycles. The molecule has 1 aromatic heterocycles. The van der Waals surface area contributed by atoms with Crippen LogP contribution in [0.25, 0.3) is 22.6 Å². The van der Waals surface area contributed by atoms with Crippen LogP contribution in [-0.4, -0.2) is 0 Å². The standard InChI is InChI=1S/C14H14O/c1-4-7-13-14(10(2)3)11-8-5-6-9-12(11)15-13/h4-9H,1H2,2-3H3/b13-7+. The maximum Gasteiger partial charge on any atom is 0.135 e. The molecule has 1 heteroatoms. The van der Waals surface area contributed by atoms with Crippen LogP contribution in [0, 0.1) is 0 Å². The SMILES string of the molecule is C=C/C=c1/oc2ccccc2c1=C(C)C. The Kier molecular flexibility index (Phi) is 2.46. The van der Waals surface area contributed by atoms with E-state index in [-0.39, 0.29) is 0 Å². The van der Waals surface area contributed by atoms with Gasteiger partial charge in [0, 0.05) is 10.6 Å². The van der Waals surface area contributed by atoms with E-state index in [4.69, 9.17) is 4.42 Å². The molecular formula is C14H14O. The summed E-state index contributed by atoms with van der Waals surface area (Å²) < 4.78 is 5.75. The van der Waals surface area contributed by atoms with Gasteiger partial charge in [-0.15, -0.1) is 0 Å². The first-order chi connectivity index (χ1) is 7.24. The summed E-state index contributed by atoms with van der Waals surface area (Å²) in [6.07, 6.45) is 3.66. The Labute approximate surface area is 89.0 Å². The first-order valence-corrected chi connectivity index (χ1v) is 5.02. The van der Waals surface area contributed by atoms with Crippen LogP contribution in [0.1, 0.15) is 13.8 Å². The smallest absolute Gasteiger partial charge is 0.135 e. The predicted molar refractivity (Wildman–Crippen MR) is 64.9 cm³/mol. The van der Waals surface area contributed by atoms with E-state index in [0.717, 1.165) is 11.0 Å².